The molecule has 1 atom stereocenters. The van der Waals surface area contributed by atoms with E-state index in [9.17, 15) is 0 Å². The summed E-state index contributed by atoms with van der Waals surface area (Å²) in [6.07, 6.45) is 2.15. The minimum absolute atomic E-state index is 0.0178. The van der Waals surface area contributed by atoms with Gasteiger partial charge < -0.3 is 5.32 Å². The van der Waals surface area contributed by atoms with E-state index in [4.69, 9.17) is 5.26 Å². The molecular weight excluding hydrogens is 196 g/mol. The molecule has 0 saturated carbocycles. The van der Waals surface area contributed by atoms with Crippen molar-refractivity contribution in [3.8, 4) is 6.07 Å². The summed E-state index contributed by atoms with van der Waals surface area (Å²) in [5, 5.41) is 12.2. The maximum Gasteiger partial charge on any atom is 0.0976 e. The van der Waals surface area contributed by atoms with Crippen LogP contribution in [0.1, 0.15) is 25.8 Å². The average Bonchev–Trinajstić information content (AvgIpc) is 2.30. The lowest BCUT2D eigenvalue weighted by Gasteiger charge is -2.14. The van der Waals surface area contributed by atoms with Gasteiger partial charge in [-0.25, -0.2) is 0 Å². The van der Waals surface area contributed by atoms with Crippen LogP contribution in [0.4, 0.5) is 0 Å². The van der Waals surface area contributed by atoms with E-state index < -0.39 is 0 Å². The van der Waals surface area contributed by atoms with Gasteiger partial charge in [0.2, 0.25) is 0 Å². The average molecular weight is 216 g/mol. The van der Waals surface area contributed by atoms with E-state index in [-0.39, 0.29) is 6.04 Å². The van der Waals surface area contributed by atoms with Crippen LogP contribution in [0.25, 0.3) is 0 Å². The van der Waals surface area contributed by atoms with Gasteiger partial charge in [-0.1, -0.05) is 44.2 Å². The highest BCUT2D eigenvalue weighted by atomic mass is 14.9. The van der Waals surface area contributed by atoms with E-state index in [0.29, 0.717) is 5.92 Å². The zero-order valence-corrected chi connectivity index (χ0v) is 10.1. The third kappa shape index (κ3) is 4.46. The van der Waals surface area contributed by atoms with Crippen LogP contribution >= 0.6 is 0 Å². The first-order chi connectivity index (χ1) is 7.74. The van der Waals surface area contributed by atoms with E-state index in [2.05, 4.69) is 49.5 Å². The fraction of sp³-hybridized carbons (Fsp3) is 0.500. The van der Waals surface area contributed by atoms with Gasteiger partial charge >= 0.3 is 0 Å². The third-order valence-electron chi connectivity index (χ3n) is 2.66. The second kappa shape index (κ2) is 7.03. The number of nitriles is 1. The maximum absolute atomic E-state index is 8.90. The Bertz CT molecular complexity index is 324. The minimum Gasteiger partial charge on any atom is -0.302 e. The molecule has 0 fully saturated rings. The minimum atomic E-state index is -0.0178. The van der Waals surface area contributed by atoms with Crippen molar-refractivity contribution in [2.45, 2.75) is 32.7 Å². The highest BCUT2D eigenvalue weighted by Gasteiger charge is 2.09. The van der Waals surface area contributed by atoms with Gasteiger partial charge in [-0.15, -0.1) is 0 Å². The predicted molar refractivity (Wildman–Crippen MR) is 67.0 cm³/mol. The first-order valence-electron chi connectivity index (χ1n) is 5.91. The quantitative estimate of drug-likeness (QED) is 0.742. The second-order valence-corrected chi connectivity index (χ2v) is 4.39. The summed E-state index contributed by atoms with van der Waals surface area (Å²) in [5.41, 5.74) is 1.36. The Morgan fingerprint density at radius 3 is 2.50 bits per heavy atom. The van der Waals surface area contributed by atoms with Crippen molar-refractivity contribution in [2.24, 2.45) is 5.92 Å². The van der Waals surface area contributed by atoms with Crippen LogP contribution < -0.4 is 5.32 Å². The SMILES string of the molecule is CC(C)C(C#N)NCCCc1ccccc1. The van der Waals surface area contributed by atoms with Gasteiger partial charge in [0, 0.05) is 0 Å². The van der Waals surface area contributed by atoms with Gasteiger partial charge in [-0.05, 0) is 30.9 Å². The Morgan fingerprint density at radius 1 is 1.25 bits per heavy atom. The van der Waals surface area contributed by atoms with Crippen LogP contribution in [0.5, 0.6) is 0 Å². The van der Waals surface area contributed by atoms with E-state index in [1.54, 1.807) is 0 Å². The highest BCUT2D eigenvalue weighted by Crippen LogP contribution is 2.03. The van der Waals surface area contributed by atoms with E-state index >= 15 is 0 Å². The zero-order chi connectivity index (χ0) is 11.8. The largest absolute Gasteiger partial charge is 0.302 e. The van der Waals surface area contributed by atoms with Gasteiger partial charge in [0.25, 0.3) is 0 Å². The van der Waals surface area contributed by atoms with E-state index in [1.165, 1.54) is 5.56 Å². The Kier molecular flexibility index (Phi) is 5.60. The van der Waals surface area contributed by atoms with Crippen molar-refractivity contribution in [3.05, 3.63) is 35.9 Å². The monoisotopic (exact) mass is 216 g/mol. The van der Waals surface area contributed by atoms with E-state index in [0.717, 1.165) is 19.4 Å². The lowest BCUT2D eigenvalue weighted by molar-refractivity contribution is 0.468. The molecule has 0 aliphatic heterocycles. The van der Waals surface area contributed by atoms with Crippen LogP contribution in [0.15, 0.2) is 30.3 Å². The molecule has 0 aromatic heterocycles. The molecule has 0 bridgehead atoms. The smallest absolute Gasteiger partial charge is 0.0976 e. The molecule has 2 nitrogen and oxygen atoms in total. The summed E-state index contributed by atoms with van der Waals surface area (Å²) in [6.45, 7) is 5.04. The molecule has 0 heterocycles. The molecule has 1 unspecified atom stereocenters. The molecule has 0 radical (unpaired) electrons. The lowest BCUT2D eigenvalue weighted by Crippen LogP contribution is -2.33. The van der Waals surface area contributed by atoms with Crippen LogP contribution in [-0.4, -0.2) is 12.6 Å². The molecule has 1 N–H and O–H groups in total. The normalized spacial score (nSPS) is 12.4. The molecule has 86 valence electrons. The summed E-state index contributed by atoms with van der Waals surface area (Å²) in [7, 11) is 0. The van der Waals surface area contributed by atoms with Crippen LogP contribution in [0, 0.1) is 17.2 Å². The second-order valence-electron chi connectivity index (χ2n) is 4.39. The Hall–Kier alpha value is -1.33. The van der Waals surface area contributed by atoms with Crippen molar-refractivity contribution < 1.29 is 0 Å². The van der Waals surface area contributed by atoms with Gasteiger partial charge in [-0.3, -0.25) is 0 Å². The molecule has 2 heteroatoms. The Balaban J connectivity index is 2.20. The van der Waals surface area contributed by atoms with E-state index in [1.807, 2.05) is 6.07 Å². The molecule has 0 aliphatic carbocycles. The van der Waals surface area contributed by atoms with Gasteiger partial charge in [-0.2, -0.15) is 5.26 Å². The maximum atomic E-state index is 8.90. The number of aryl methyl sites for hydroxylation is 1. The van der Waals surface area contributed by atoms with Gasteiger partial charge in [0.05, 0.1) is 12.1 Å². The fourth-order valence-corrected chi connectivity index (χ4v) is 1.63. The first kappa shape index (κ1) is 12.7. The number of hydrogen-bond acceptors (Lipinski definition) is 2. The molecule has 16 heavy (non-hydrogen) atoms. The van der Waals surface area contributed by atoms with Crippen molar-refractivity contribution in [1.29, 1.82) is 5.26 Å². The summed E-state index contributed by atoms with van der Waals surface area (Å²) < 4.78 is 0. The standard InChI is InChI=1S/C14H20N2/c1-12(2)14(11-15)16-10-6-9-13-7-4-3-5-8-13/h3-5,7-8,12,14,16H,6,9-10H2,1-2H3. The molecule has 0 aliphatic rings. The van der Waals surface area contributed by atoms with Crippen molar-refractivity contribution in [1.82, 2.24) is 5.32 Å². The number of nitrogens with one attached hydrogen (secondary N) is 1. The molecule has 1 rings (SSSR count). The number of hydrogen-bond donors (Lipinski definition) is 1. The molecule has 1 aromatic rings. The topological polar surface area (TPSA) is 35.8 Å². The Morgan fingerprint density at radius 2 is 1.94 bits per heavy atom. The van der Waals surface area contributed by atoms with Crippen LogP contribution in [0.3, 0.4) is 0 Å². The first-order valence-corrected chi connectivity index (χ1v) is 5.91. The highest BCUT2D eigenvalue weighted by molar-refractivity contribution is 5.14. The molecule has 0 saturated heterocycles. The van der Waals surface area contributed by atoms with Crippen molar-refractivity contribution >= 4 is 0 Å². The molecule has 0 amide bonds. The summed E-state index contributed by atoms with van der Waals surface area (Å²) >= 11 is 0. The van der Waals surface area contributed by atoms with Crippen molar-refractivity contribution in [3.63, 3.8) is 0 Å². The van der Waals surface area contributed by atoms with Gasteiger partial charge in [0.15, 0.2) is 0 Å². The van der Waals surface area contributed by atoms with Crippen LogP contribution in [0.2, 0.25) is 0 Å². The summed E-state index contributed by atoms with van der Waals surface area (Å²) in [6, 6.07) is 12.7. The summed E-state index contributed by atoms with van der Waals surface area (Å²) in [4.78, 5) is 0. The third-order valence-corrected chi connectivity index (χ3v) is 2.66. The number of rotatable bonds is 6. The van der Waals surface area contributed by atoms with Crippen molar-refractivity contribution in [2.75, 3.05) is 6.54 Å². The van der Waals surface area contributed by atoms with Crippen LogP contribution in [-0.2, 0) is 6.42 Å². The molecule has 1 aromatic carbocycles. The summed E-state index contributed by atoms with van der Waals surface area (Å²) in [5.74, 6) is 0.377. The lowest BCUT2D eigenvalue weighted by atomic mass is 10.1. The number of benzene rings is 1. The van der Waals surface area contributed by atoms with Gasteiger partial charge in [0.1, 0.15) is 0 Å². The molecule has 0 spiro atoms. The zero-order valence-electron chi connectivity index (χ0n) is 10.1. The fourth-order valence-electron chi connectivity index (χ4n) is 1.63. The number of nitrogens with zero attached hydrogens (tertiary/aromatic N) is 1. The predicted octanol–water partition coefficient (Wildman–Crippen LogP) is 2.76. The molecular formula is C14H20N2. The Labute approximate surface area is 98.3 Å².